The summed E-state index contributed by atoms with van der Waals surface area (Å²) in [6.45, 7) is 1.94. The number of aldehydes is 1. The van der Waals surface area contributed by atoms with E-state index in [1.807, 2.05) is 13.0 Å². The topological polar surface area (TPSA) is 29.4 Å². The highest BCUT2D eigenvalue weighted by Gasteiger charge is 1.99. The molecule has 0 spiro atoms. The van der Waals surface area contributed by atoms with Crippen molar-refractivity contribution in [2.24, 2.45) is 4.99 Å². The lowest BCUT2D eigenvalue weighted by molar-refractivity contribution is -0.104. The average molecular weight is 123 g/mol. The monoisotopic (exact) mass is 123 g/mol. The Kier molecular flexibility index (Phi) is 1.78. The van der Waals surface area contributed by atoms with Gasteiger partial charge in [-0.05, 0) is 19.8 Å². The predicted molar refractivity (Wildman–Crippen MR) is 36.5 cm³/mol. The molecular weight excluding hydrogens is 114 g/mol. The molecule has 0 aromatic rings. The van der Waals surface area contributed by atoms with Crippen LogP contribution in [0.4, 0.5) is 0 Å². The van der Waals surface area contributed by atoms with Gasteiger partial charge in [-0.15, -0.1) is 0 Å². The SMILES string of the molecule is CC1=NC(C=O)=CCC1. The molecular formula is C7H9NO. The Morgan fingerprint density at radius 2 is 2.56 bits per heavy atom. The Bertz CT molecular complexity index is 179. The van der Waals surface area contributed by atoms with Gasteiger partial charge in [-0.1, -0.05) is 6.08 Å². The fourth-order valence-corrected chi connectivity index (χ4v) is 0.825. The van der Waals surface area contributed by atoms with Crippen molar-refractivity contribution < 1.29 is 4.79 Å². The maximum absolute atomic E-state index is 10.1. The van der Waals surface area contributed by atoms with Crippen LogP contribution in [0.25, 0.3) is 0 Å². The smallest absolute Gasteiger partial charge is 0.168 e. The summed E-state index contributed by atoms with van der Waals surface area (Å²) < 4.78 is 0. The lowest BCUT2D eigenvalue weighted by Gasteiger charge is -2.02. The zero-order valence-electron chi connectivity index (χ0n) is 5.42. The lowest BCUT2D eigenvalue weighted by Crippen LogP contribution is -1.97. The molecule has 48 valence electrons. The van der Waals surface area contributed by atoms with E-state index >= 15 is 0 Å². The van der Waals surface area contributed by atoms with E-state index in [4.69, 9.17) is 0 Å². The van der Waals surface area contributed by atoms with E-state index < -0.39 is 0 Å². The van der Waals surface area contributed by atoms with Crippen LogP contribution in [0.15, 0.2) is 16.8 Å². The van der Waals surface area contributed by atoms with Crippen LogP contribution in [0, 0.1) is 0 Å². The van der Waals surface area contributed by atoms with E-state index in [0.29, 0.717) is 5.70 Å². The molecule has 1 heterocycles. The molecule has 0 saturated carbocycles. The summed E-state index contributed by atoms with van der Waals surface area (Å²) in [5.74, 6) is 0. The number of carbonyl (C=O) groups excluding carboxylic acids is 1. The standard InChI is InChI=1S/C7H9NO/c1-6-3-2-4-7(5-9)8-6/h4-5H,2-3H2,1H3. The lowest BCUT2D eigenvalue weighted by atomic mass is 10.1. The highest BCUT2D eigenvalue weighted by Crippen LogP contribution is 2.07. The van der Waals surface area contributed by atoms with Gasteiger partial charge in [-0.3, -0.25) is 9.79 Å². The molecule has 0 aliphatic carbocycles. The fraction of sp³-hybridized carbons (Fsp3) is 0.429. The van der Waals surface area contributed by atoms with Crippen LogP contribution >= 0.6 is 0 Å². The Labute approximate surface area is 54.3 Å². The third-order valence-corrected chi connectivity index (χ3v) is 1.30. The Morgan fingerprint density at radius 1 is 1.78 bits per heavy atom. The molecule has 0 aromatic heterocycles. The minimum absolute atomic E-state index is 0.582. The number of hydrogen-bond donors (Lipinski definition) is 0. The van der Waals surface area contributed by atoms with Gasteiger partial charge in [0.25, 0.3) is 0 Å². The van der Waals surface area contributed by atoms with Crippen LogP contribution < -0.4 is 0 Å². The Hall–Kier alpha value is -0.920. The Morgan fingerprint density at radius 3 is 3.00 bits per heavy atom. The van der Waals surface area contributed by atoms with E-state index in [9.17, 15) is 4.79 Å². The fourth-order valence-electron chi connectivity index (χ4n) is 0.825. The minimum atomic E-state index is 0.582. The summed E-state index contributed by atoms with van der Waals surface area (Å²) in [6, 6.07) is 0. The first-order chi connectivity index (χ1) is 4.33. The number of allylic oxidation sites excluding steroid dienone is 2. The molecule has 2 nitrogen and oxygen atoms in total. The van der Waals surface area contributed by atoms with Crippen molar-refractivity contribution in [3.8, 4) is 0 Å². The maximum Gasteiger partial charge on any atom is 0.168 e. The van der Waals surface area contributed by atoms with Gasteiger partial charge in [0.15, 0.2) is 6.29 Å². The molecule has 0 atom stereocenters. The van der Waals surface area contributed by atoms with Crippen LogP contribution in [-0.4, -0.2) is 12.0 Å². The Balaban J connectivity index is 2.74. The van der Waals surface area contributed by atoms with Gasteiger partial charge in [0.05, 0.1) is 5.70 Å². The molecule has 0 unspecified atom stereocenters. The third-order valence-electron chi connectivity index (χ3n) is 1.30. The van der Waals surface area contributed by atoms with E-state index in [1.165, 1.54) is 0 Å². The summed E-state index contributed by atoms with van der Waals surface area (Å²) in [6.07, 6.45) is 4.61. The van der Waals surface area contributed by atoms with Gasteiger partial charge in [-0.2, -0.15) is 0 Å². The summed E-state index contributed by atoms with van der Waals surface area (Å²) in [4.78, 5) is 14.1. The van der Waals surface area contributed by atoms with E-state index in [0.717, 1.165) is 24.8 Å². The van der Waals surface area contributed by atoms with Crippen molar-refractivity contribution >= 4 is 12.0 Å². The summed E-state index contributed by atoms with van der Waals surface area (Å²) in [7, 11) is 0. The van der Waals surface area contributed by atoms with Gasteiger partial charge < -0.3 is 0 Å². The van der Waals surface area contributed by atoms with Gasteiger partial charge in [-0.25, -0.2) is 0 Å². The number of carbonyl (C=O) groups is 1. The van der Waals surface area contributed by atoms with Crippen LogP contribution in [0.2, 0.25) is 0 Å². The molecule has 1 aliphatic rings. The second kappa shape index (κ2) is 2.58. The molecule has 0 fully saturated rings. The van der Waals surface area contributed by atoms with Crippen molar-refractivity contribution in [2.45, 2.75) is 19.8 Å². The highest BCUT2D eigenvalue weighted by atomic mass is 16.1. The summed E-state index contributed by atoms with van der Waals surface area (Å²) in [5.41, 5.74) is 1.64. The van der Waals surface area contributed by atoms with E-state index in [1.54, 1.807) is 0 Å². The first-order valence-electron chi connectivity index (χ1n) is 3.02. The molecule has 0 amide bonds. The van der Waals surface area contributed by atoms with Gasteiger partial charge >= 0.3 is 0 Å². The second-order valence-electron chi connectivity index (χ2n) is 2.13. The minimum Gasteiger partial charge on any atom is -0.296 e. The molecule has 1 rings (SSSR count). The number of rotatable bonds is 1. The largest absolute Gasteiger partial charge is 0.296 e. The van der Waals surface area contributed by atoms with Crippen LogP contribution in [0.1, 0.15) is 19.8 Å². The summed E-state index contributed by atoms with van der Waals surface area (Å²) >= 11 is 0. The number of hydrogen-bond acceptors (Lipinski definition) is 2. The molecule has 9 heavy (non-hydrogen) atoms. The second-order valence-corrected chi connectivity index (χ2v) is 2.13. The van der Waals surface area contributed by atoms with Crippen molar-refractivity contribution in [1.82, 2.24) is 0 Å². The zero-order chi connectivity index (χ0) is 6.69. The van der Waals surface area contributed by atoms with Crippen molar-refractivity contribution in [3.05, 3.63) is 11.8 Å². The quantitative estimate of drug-likeness (QED) is 0.483. The molecule has 0 aromatic carbocycles. The number of nitrogens with zero attached hydrogens (tertiary/aromatic N) is 1. The van der Waals surface area contributed by atoms with Crippen LogP contribution in [0.3, 0.4) is 0 Å². The van der Waals surface area contributed by atoms with Crippen molar-refractivity contribution in [2.75, 3.05) is 0 Å². The highest BCUT2D eigenvalue weighted by molar-refractivity contribution is 5.88. The first-order valence-corrected chi connectivity index (χ1v) is 3.02. The average Bonchev–Trinajstić information content (AvgIpc) is 1.88. The molecule has 0 radical (unpaired) electrons. The van der Waals surface area contributed by atoms with Gasteiger partial charge in [0.2, 0.25) is 0 Å². The number of aliphatic imine (C=N–C) groups is 1. The van der Waals surface area contributed by atoms with E-state index in [2.05, 4.69) is 4.99 Å². The molecule has 1 aliphatic heterocycles. The van der Waals surface area contributed by atoms with Gasteiger partial charge in [0.1, 0.15) is 0 Å². The molecule has 0 N–H and O–H groups in total. The molecule has 0 saturated heterocycles. The van der Waals surface area contributed by atoms with E-state index in [-0.39, 0.29) is 0 Å². The zero-order valence-corrected chi connectivity index (χ0v) is 5.42. The van der Waals surface area contributed by atoms with Crippen LogP contribution in [-0.2, 0) is 4.79 Å². The predicted octanol–water partition coefficient (Wildman–Crippen LogP) is 1.32. The third kappa shape index (κ3) is 1.49. The van der Waals surface area contributed by atoms with Crippen molar-refractivity contribution in [3.63, 3.8) is 0 Å². The van der Waals surface area contributed by atoms with Crippen molar-refractivity contribution in [1.29, 1.82) is 0 Å². The first kappa shape index (κ1) is 6.20. The normalized spacial score (nSPS) is 18.3. The molecule has 0 bridgehead atoms. The maximum atomic E-state index is 10.1. The summed E-state index contributed by atoms with van der Waals surface area (Å²) in [5, 5.41) is 0. The van der Waals surface area contributed by atoms with Crippen LogP contribution in [0.5, 0.6) is 0 Å². The van der Waals surface area contributed by atoms with Gasteiger partial charge in [0, 0.05) is 5.71 Å². The molecule has 2 heteroatoms.